The normalized spacial score (nSPS) is 18.2. The number of aliphatic carboxylic acids is 1. The first-order chi connectivity index (χ1) is 6.29. The van der Waals surface area contributed by atoms with Crippen molar-refractivity contribution >= 4 is 5.97 Å². The van der Waals surface area contributed by atoms with Crippen LogP contribution in [0.25, 0.3) is 0 Å². The smallest absolute Gasteiger partial charge is 0.312 e. The summed E-state index contributed by atoms with van der Waals surface area (Å²) < 4.78 is 0. The molecule has 0 amide bonds. The van der Waals surface area contributed by atoms with Gasteiger partial charge in [0.25, 0.3) is 0 Å². The van der Waals surface area contributed by atoms with Crippen LogP contribution in [0.2, 0.25) is 0 Å². The first kappa shape index (κ1) is 8.16. The van der Waals surface area contributed by atoms with Crippen molar-refractivity contribution < 1.29 is 9.90 Å². The molecule has 4 nitrogen and oxygen atoms in total. The quantitative estimate of drug-likeness (QED) is 0.751. The van der Waals surface area contributed by atoms with Gasteiger partial charge < -0.3 is 5.11 Å². The molecule has 1 aliphatic carbocycles. The van der Waals surface area contributed by atoms with Gasteiger partial charge in [0.15, 0.2) is 0 Å². The third kappa shape index (κ3) is 1.66. The molecule has 1 fully saturated rings. The monoisotopic (exact) mass is 178 g/mol. The van der Waals surface area contributed by atoms with Gasteiger partial charge in [0, 0.05) is 6.20 Å². The molecule has 1 aromatic rings. The fraction of sp³-hybridized carbons (Fsp3) is 0.444. The van der Waals surface area contributed by atoms with Crippen LogP contribution in [-0.4, -0.2) is 21.0 Å². The molecule has 1 atom stereocenters. The van der Waals surface area contributed by atoms with E-state index in [2.05, 4.69) is 9.97 Å². The Labute approximate surface area is 75.6 Å². The molecule has 1 heterocycles. The van der Waals surface area contributed by atoms with Gasteiger partial charge in [-0.2, -0.15) is 0 Å². The van der Waals surface area contributed by atoms with E-state index >= 15 is 0 Å². The molecule has 1 aromatic heterocycles. The molecule has 1 saturated carbocycles. The van der Waals surface area contributed by atoms with E-state index in [1.165, 1.54) is 6.33 Å². The predicted molar refractivity (Wildman–Crippen MR) is 45.1 cm³/mol. The summed E-state index contributed by atoms with van der Waals surface area (Å²) >= 11 is 0. The van der Waals surface area contributed by atoms with Crippen LogP contribution in [0, 0.1) is 5.92 Å². The Hall–Kier alpha value is -1.45. The van der Waals surface area contributed by atoms with Gasteiger partial charge in [0.2, 0.25) is 0 Å². The Bertz CT molecular complexity index is 309. The molecule has 2 rings (SSSR count). The van der Waals surface area contributed by atoms with Gasteiger partial charge in [0.05, 0.1) is 5.69 Å². The fourth-order valence-corrected chi connectivity index (χ4v) is 1.48. The van der Waals surface area contributed by atoms with Gasteiger partial charge in [0.1, 0.15) is 12.2 Å². The molecule has 0 saturated heterocycles. The molecule has 1 N–H and O–H groups in total. The summed E-state index contributed by atoms with van der Waals surface area (Å²) in [6.07, 6.45) is 4.98. The number of hydrogen-bond donors (Lipinski definition) is 1. The van der Waals surface area contributed by atoms with Gasteiger partial charge in [-0.15, -0.1) is 0 Å². The van der Waals surface area contributed by atoms with Crippen LogP contribution in [0.15, 0.2) is 18.6 Å². The van der Waals surface area contributed by atoms with Gasteiger partial charge in [-0.3, -0.25) is 4.79 Å². The Morgan fingerprint density at radius 1 is 1.62 bits per heavy atom. The average Bonchev–Trinajstić information content (AvgIpc) is 2.90. The van der Waals surface area contributed by atoms with Crippen LogP contribution in [0.3, 0.4) is 0 Å². The molecule has 0 aromatic carbocycles. The van der Waals surface area contributed by atoms with Crippen LogP contribution in [0.4, 0.5) is 0 Å². The SMILES string of the molecule is O=C(O)C(c1ccncn1)C1CC1. The van der Waals surface area contributed by atoms with Crippen molar-refractivity contribution in [3.63, 3.8) is 0 Å². The summed E-state index contributed by atoms with van der Waals surface area (Å²) in [5.74, 6) is -0.920. The molecule has 68 valence electrons. The summed E-state index contributed by atoms with van der Waals surface area (Å²) in [5.41, 5.74) is 0.630. The van der Waals surface area contributed by atoms with Crippen molar-refractivity contribution in [1.82, 2.24) is 9.97 Å². The van der Waals surface area contributed by atoms with Crippen molar-refractivity contribution in [3.8, 4) is 0 Å². The molecular formula is C9H10N2O2. The Kier molecular flexibility index (Phi) is 1.96. The summed E-state index contributed by atoms with van der Waals surface area (Å²) in [6.45, 7) is 0. The summed E-state index contributed by atoms with van der Waals surface area (Å²) in [5, 5.41) is 8.98. The number of aromatic nitrogens is 2. The standard InChI is InChI=1S/C9H10N2O2/c12-9(13)8(6-1-2-6)7-3-4-10-5-11-7/h3-6,8H,1-2H2,(H,12,13). The molecule has 4 heteroatoms. The summed E-state index contributed by atoms with van der Waals surface area (Å²) in [7, 11) is 0. The summed E-state index contributed by atoms with van der Waals surface area (Å²) in [4.78, 5) is 18.7. The first-order valence-corrected chi connectivity index (χ1v) is 4.28. The van der Waals surface area contributed by atoms with Crippen molar-refractivity contribution in [2.24, 2.45) is 5.92 Å². The lowest BCUT2D eigenvalue weighted by atomic mass is 10.00. The van der Waals surface area contributed by atoms with E-state index in [1.54, 1.807) is 12.3 Å². The van der Waals surface area contributed by atoms with Gasteiger partial charge in [-0.1, -0.05) is 0 Å². The average molecular weight is 178 g/mol. The highest BCUT2D eigenvalue weighted by atomic mass is 16.4. The van der Waals surface area contributed by atoms with E-state index in [1.807, 2.05) is 0 Å². The number of rotatable bonds is 3. The maximum Gasteiger partial charge on any atom is 0.312 e. The topological polar surface area (TPSA) is 63.1 Å². The molecule has 1 aliphatic rings. The Morgan fingerprint density at radius 2 is 2.38 bits per heavy atom. The molecule has 0 spiro atoms. The molecule has 0 radical (unpaired) electrons. The summed E-state index contributed by atoms with van der Waals surface area (Å²) in [6, 6.07) is 1.68. The number of carbonyl (C=O) groups is 1. The highest BCUT2D eigenvalue weighted by molar-refractivity contribution is 5.76. The van der Waals surface area contributed by atoms with Crippen molar-refractivity contribution in [3.05, 3.63) is 24.3 Å². The second-order valence-electron chi connectivity index (χ2n) is 3.29. The number of hydrogen-bond acceptors (Lipinski definition) is 3. The van der Waals surface area contributed by atoms with Crippen molar-refractivity contribution in [2.45, 2.75) is 18.8 Å². The minimum Gasteiger partial charge on any atom is -0.481 e. The lowest BCUT2D eigenvalue weighted by molar-refractivity contribution is -0.139. The molecule has 13 heavy (non-hydrogen) atoms. The highest BCUT2D eigenvalue weighted by Crippen LogP contribution is 2.41. The van der Waals surface area contributed by atoms with E-state index < -0.39 is 11.9 Å². The largest absolute Gasteiger partial charge is 0.481 e. The van der Waals surface area contributed by atoms with E-state index in [9.17, 15) is 4.79 Å². The number of nitrogens with zero attached hydrogens (tertiary/aromatic N) is 2. The second-order valence-corrected chi connectivity index (χ2v) is 3.29. The van der Waals surface area contributed by atoms with Crippen LogP contribution < -0.4 is 0 Å². The predicted octanol–water partition coefficient (Wildman–Crippen LogP) is 1.05. The van der Waals surface area contributed by atoms with Crippen LogP contribution in [-0.2, 0) is 4.79 Å². The van der Waals surface area contributed by atoms with Crippen molar-refractivity contribution in [2.75, 3.05) is 0 Å². The molecule has 1 unspecified atom stereocenters. The van der Waals surface area contributed by atoms with Gasteiger partial charge in [-0.05, 0) is 24.8 Å². The minimum absolute atomic E-state index is 0.285. The maximum atomic E-state index is 10.9. The minimum atomic E-state index is -0.777. The second kappa shape index (κ2) is 3.12. The number of carboxylic acid groups (broad SMARTS) is 1. The molecular weight excluding hydrogens is 168 g/mol. The lowest BCUT2D eigenvalue weighted by Crippen LogP contribution is -2.14. The number of carboxylic acids is 1. The van der Waals surface area contributed by atoms with Crippen LogP contribution in [0.1, 0.15) is 24.5 Å². The molecule has 0 aliphatic heterocycles. The lowest BCUT2D eigenvalue weighted by Gasteiger charge is -2.08. The zero-order chi connectivity index (χ0) is 9.26. The van der Waals surface area contributed by atoms with Gasteiger partial charge >= 0.3 is 5.97 Å². The van der Waals surface area contributed by atoms with E-state index in [4.69, 9.17) is 5.11 Å². The highest BCUT2D eigenvalue weighted by Gasteiger charge is 2.38. The van der Waals surface area contributed by atoms with E-state index in [0.29, 0.717) is 5.69 Å². The third-order valence-corrected chi connectivity index (χ3v) is 2.28. The first-order valence-electron chi connectivity index (χ1n) is 4.28. The fourth-order valence-electron chi connectivity index (χ4n) is 1.48. The zero-order valence-corrected chi connectivity index (χ0v) is 7.05. The van der Waals surface area contributed by atoms with Gasteiger partial charge in [-0.25, -0.2) is 9.97 Å². The van der Waals surface area contributed by atoms with E-state index in [0.717, 1.165) is 12.8 Å². The molecule has 0 bridgehead atoms. The van der Waals surface area contributed by atoms with Crippen LogP contribution >= 0.6 is 0 Å². The maximum absolute atomic E-state index is 10.9. The van der Waals surface area contributed by atoms with Crippen molar-refractivity contribution in [1.29, 1.82) is 0 Å². The third-order valence-electron chi connectivity index (χ3n) is 2.28. The van der Waals surface area contributed by atoms with E-state index in [-0.39, 0.29) is 5.92 Å². The van der Waals surface area contributed by atoms with Crippen LogP contribution in [0.5, 0.6) is 0 Å². The Morgan fingerprint density at radius 3 is 2.85 bits per heavy atom. The zero-order valence-electron chi connectivity index (χ0n) is 7.05. The Balaban J connectivity index is 2.25.